The molecule has 1 fully saturated rings. The lowest BCUT2D eigenvalue weighted by molar-refractivity contribution is 0.581. The molecule has 1 N–H and O–H groups in total. The second kappa shape index (κ2) is 5.90. The summed E-state index contributed by atoms with van der Waals surface area (Å²) in [7, 11) is 0. The number of nitrogens with one attached hydrogen (secondary N) is 1. The van der Waals surface area contributed by atoms with Crippen molar-refractivity contribution in [1.82, 2.24) is 5.32 Å². The molecule has 1 aliphatic rings. The van der Waals surface area contributed by atoms with Crippen LogP contribution in [-0.2, 0) is 0 Å². The minimum atomic E-state index is 0.392. The highest BCUT2D eigenvalue weighted by Gasteiger charge is 2.24. The molecule has 2 heteroatoms. The molecule has 0 saturated heterocycles. The molecule has 0 aliphatic heterocycles. The molecular formula is C16H22ClN. The fourth-order valence-corrected chi connectivity index (χ4v) is 2.26. The van der Waals surface area contributed by atoms with Gasteiger partial charge in [-0.15, -0.1) is 0 Å². The van der Waals surface area contributed by atoms with Gasteiger partial charge >= 0.3 is 0 Å². The van der Waals surface area contributed by atoms with Gasteiger partial charge in [-0.3, -0.25) is 0 Å². The molecule has 1 aliphatic carbocycles. The molecule has 0 radical (unpaired) electrons. The molecule has 1 saturated carbocycles. The summed E-state index contributed by atoms with van der Waals surface area (Å²) in [6.07, 6.45) is 2.64. The number of halogens is 1. The first kappa shape index (κ1) is 13.6. The van der Waals surface area contributed by atoms with E-state index in [4.69, 9.17) is 11.6 Å². The average Bonchev–Trinajstić information content (AvgIpc) is 3.15. The Bertz CT molecular complexity index is 404. The van der Waals surface area contributed by atoms with Crippen molar-refractivity contribution in [3.8, 4) is 0 Å². The largest absolute Gasteiger partial charge is 0.313 e. The van der Waals surface area contributed by atoms with Gasteiger partial charge in [0.15, 0.2) is 0 Å². The van der Waals surface area contributed by atoms with E-state index in [-0.39, 0.29) is 0 Å². The van der Waals surface area contributed by atoms with E-state index >= 15 is 0 Å². The molecule has 0 bridgehead atoms. The molecule has 0 heterocycles. The van der Waals surface area contributed by atoms with Crippen molar-refractivity contribution >= 4 is 11.6 Å². The smallest absolute Gasteiger partial charge is 0.0406 e. The van der Waals surface area contributed by atoms with Gasteiger partial charge in [0.2, 0.25) is 0 Å². The predicted octanol–water partition coefficient (Wildman–Crippen LogP) is 4.39. The standard InChI is InChI=1S/C16H22ClN/c1-11(2)12(3)16(10-18-15-8-9-15)13-4-6-14(17)7-5-13/h4-7,11,15-16,18H,3,8-10H2,1-2H3/t16-/m0/s1. The Kier molecular flexibility index (Phi) is 4.47. The van der Waals surface area contributed by atoms with Crippen LogP contribution in [0.3, 0.4) is 0 Å². The van der Waals surface area contributed by atoms with Crippen molar-refractivity contribution < 1.29 is 0 Å². The van der Waals surface area contributed by atoms with E-state index in [0.717, 1.165) is 17.6 Å². The van der Waals surface area contributed by atoms with Crippen LogP contribution >= 0.6 is 11.6 Å². The monoisotopic (exact) mass is 263 g/mol. The van der Waals surface area contributed by atoms with Crippen molar-refractivity contribution in [2.75, 3.05) is 6.54 Å². The summed E-state index contributed by atoms with van der Waals surface area (Å²) in [6.45, 7) is 9.69. The summed E-state index contributed by atoms with van der Waals surface area (Å²) in [5, 5.41) is 4.41. The normalized spacial score (nSPS) is 16.9. The SMILES string of the molecule is C=C(C(C)C)[C@H](CNC1CC1)c1ccc(Cl)cc1. The van der Waals surface area contributed by atoms with E-state index in [1.807, 2.05) is 12.1 Å². The van der Waals surface area contributed by atoms with Crippen molar-refractivity contribution in [2.45, 2.75) is 38.6 Å². The van der Waals surface area contributed by atoms with Gasteiger partial charge in [-0.1, -0.05) is 49.7 Å². The van der Waals surface area contributed by atoms with Gasteiger partial charge in [-0.05, 0) is 36.5 Å². The quantitative estimate of drug-likeness (QED) is 0.751. The Morgan fingerprint density at radius 3 is 2.44 bits per heavy atom. The lowest BCUT2D eigenvalue weighted by Gasteiger charge is -2.23. The van der Waals surface area contributed by atoms with Crippen molar-refractivity contribution in [3.63, 3.8) is 0 Å². The number of rotatable bonds is 6. The maximum atomic E-state index is 5.96. The lowest BCUT2D eigenvalue weighted by atomic mass is 9.86. The van der Waals surface area contributed by atoms with E-state index in [0.29, 0.717) is 11.8 Å². The van der Waals surface area contributed by atoms with Gasteiger partial charge in [0.05, 0.1) is 0 Å². The molecule has 1 nitrogen and oxygen atoms in total. The van der Waals surface area contributed by atoms with Crippen molar-refractivity contribution in [2.24, 2.45) is 5.92 Å². The van der Waals surface area contributed by atoms with Gasteiger partial charge < -0.3 is 5.32 Å². The summed E-state index contributed by atoms with van der Waals surface area (Å²) in [6, 6.07) is 8.91. The fourth-order valence-electron chi connectivity index (χ4n) is 2.13. The van der Waals surface area contributed by atoms with Crippen LogP contribution in [0, 0.1) is 5.92 Å². The molecule has 1 atom stereocenters. The second-order valence-corrected chi connectivity index (χ2v) is 5.95. The second-order valence-electron chi connectivity index (χ2n) is 5.52. The fraction of sp³-hybridized carbons (Fsp3) is 0.500. The Hall–Kier alpha value is -0.790. The van der Waals surface area contributed by atoms with Gasteiger partial charge in [0, 0.05) is 23.5 Å². The third-order valence-corrected chi connectivity index (χ3v) is 3.90. The highest BCUT2D eigenvalue weighted by molar-refractivity contribution is 6.30. The van der Waals surface area contributed by atoms with E-state index in [2.05, 4.69) is 37.9 Å². The highest BCUT2D eigenvalue weighted by Crippen LogP contribution is 2.30. The van der Waals surface area contributed by atoms with E-state index < -0.39 is 0 Å². The third-order valence-electron chi connectivity index (χ3n) is 3.65. The maximum Gasteiger partial charge on any atom is 0.0406 e. The van der Waals surface area contributed by atoms with E-state index in [1.165, 1.54) is 24.0 Å². The average molecular weight is 264 g/mol. The van der Waals surface area contributed by atoms with Crippen LogP contribution in [0.5, 0.6) is 0 Å². The molecule has 0 aromatic heterocycles. The summed E-state index contributed by atoms with van der Waals surface area (Å²) >= 11 is 5.96. The molecular weight excluding hydrogens is 242 g/mol. The van der Waals surface area contributed by atoms with E-state index in [1.54, 1.807) is 0 Å². The minimum Gasteiger partial charge on any atom is -0.313 e. The number of hydrogen-bond acceptors (Lipinski definition) is 1. The lowest BCUT2D eigenvalue weighted by Crippen LogP contribution is -2.25. The minimum absolute atomic E-state index is 0.392. The predicted molar refractivity (Wildman–Crippen MR) is 79.2 cm³/mol. The Balaban J connectivity index is 2.11. The van der Waals surface area contributed by atoms with Gasteiger partial charge in [-0.2, -0.15) is 0 Å². The van der Waals surface area contributed by atoms with Gasteiger partial charge in [0.25, 0.3) is 0 Å². The van der Waals surface area contributed by atoms with Crippen LogP contribution in [0.25, 0.3) is 0 Å². The number of hydrogen-bond donors (Lipinski definition) is 1. The molecule has 1 aromatic carbocycles. The third kappa shape index (κ3) is 3.60. The summed E-state index contributed by atoms with van der Waals surface area (Å²) in [5.74, 6) is 0.898. The summed E-state index contributed by atoms with van der Waals surface area (Å²) < 4.78 is 0. The van der Waals surface area contributed by atoms with Crippen LogP contribution in [0.1, 0.15) is 38.2 Å². The Morgan fingerprint density at radius 2 is 1.94 bits per heavy atom. The van der Waals surface area contributed by atoms with Crippen molar-refractivity contribution in [3.05, 3.63) is 47.0 Å². The first-order valence-electron chi connectivity index (χ1n) is 6.75. The van der Waals surface area contributed by atoms with Gasteiger partial charge in [0.1, 0.15) is 0 Å². The first-order valence-corrected chi connectivity index (χ1v) is 7.13. The molecule has 18 heavy (non-hydrogen) atoms. The van der Waals surface area contributed by atoms with Crippen molar-refractivity contribution in [1.29, 1.82) is 0 Å². The summed E-state index contributed by atoms with van der Waals surface area (Å²) in [5.41, 5.74) is 2.61. The Labute approximate surface area is 115 Å². The molecule has 98 valence electrons. The molecule has 0 unspecified atom stereocenters. The maximum absolute atomic E-state index is 5.96. The van der Waals surface area contributed by atoms with Crippen LogP contribution in [-0.4, -0.2) is 12.6 Å². The highest BCUT2D eigenvalue weighted by atomic mass is 35.5. The molecule has 1 aromatic rings. The zero-order valence-electron chi connectivity index (χ0n) is 11.2. The van der Waals surface area contributed by atoms with Crippen LogP contribution in [0.15, 0.2) is 36.4 Å². The topological polar surface area (TPSA) is 12.0 Å². The molecule has 0 spiro atoms. The van der Waals surface area contributed by atoms with E-state index in [9.17, 15) is 0 Å². The summed E-state index contributed by atoms with van der Waals surface area (Å²) in [4.78, 5) is 0. The Morgan fingerprint density at radius 1 is 1.33 bits per heavy atom. The zero-order valence-corrected chi connectivity index (χ0v) is 12.0. The van der Waals surface area contributed by atoms with Crippen LogP contribution < -0.4 is 5.32 Å². The zero-order chi connectivity index (χ0) is 13.1. The van der Waals surface area contributed by atoms with Gasteiger partial charge in [-0.25, -0.2) is 0 Å². The van der Waals surface area contributed by atoms with Crippen LogP contribution in [0.4, 0.5) is 0 Å². The molecule has 2 rings (SSSR count). The number of benzene rings is 1. The van der Waals surface area contributed by atoms with Crippen LogP contribution in [0.2, 0.25) is 5.02 Å². The molecule has 0 amide bonds. The first-order chi connectivity index (χ1) is 8.58.